The number of nitrogens with zero attached hydrogens (tertiary/aromatic N) is 2. The fourth-order valence-electron chi connectivity index (χ4n) is 2.19. The van der Waals surface area contributed by atoms with Gasteiger partial charge in [0, 0.05) is 11.6 Å². The molecule has 0 aliphatic carbocycles. The largest absolute Gasteiger partial charge is 0.347 e. The van der Waals surface area contributed by atoms with Crippen LogP contribution in [0.3, 0.4) is 0 Å². The van der Waals surface area contributed by atoms with Crippen molar-refractivity contribution < 1.29 is 18.0 Å². The van der Waals surface area contributed by atoms with E-state index in [4.69, 9.17) is 11.6 Å². The number of hydrogen-bond donors (Lipinski definition) is 2. The highest BCUT2D eigenvalue weighted by Crippen LogP contribution is 2.22. The van der Waals surface area contributed by atoms with E-state index in [0.717, 1.165) is 17.7 Å². The van der Waals surface area contributed by atoms with Gasteiger partial charge in [0.2, 0.25) is 0 Å². The van der Waals surface area contributed by atoms with E-state index in [2.05, 4.69) is 20.8 Å². The van der Waals surface area contributed by atoms with E-state index < -0.39 is 23.4 Å². The molecule has 9 heteroatoms. The molecule has 0 bridgehead atoms. The zero-order valence-corrected chi connectivity index (χ0v) is 14.4. The SMILES string of the molecule is O=C(NCc1ccccc1Cl)c1ccc(Nc2ccc(F)c(F)c2F)nn1. The van der Waals surface area contributed by atoms with Gasteiger partial charge in [-0.1, -0.05) is 29.8 Å². The van der Waals surface area contributed by atoms with Crippen molar-refractivity contribution in [2.45, 2.75) is 6.54 Å². The van der Waals surface area contributed by atoms with Gasteiger partial charge in [0.1, 0.15) is 0 Å². The van der Waals surface area contributed by atoms with Gasteiger partial charge in [-0.2, -0.15) is 0 Å². The van der Waals surface area contributed by atoms with Crippen molar-refractivity contribution in [3.8, 4) is 0 Å². The predicted octanol–water partition coefficient (Wildman–Crippen LogP) is 4.22. The van der Waals surface area contributed by atoms with Crippen LogP contribution in [0.15, 0.2) is 48.5 Å². The number of aromatic nitrogens is 2. The van der Waals surface area contributed by atoms with Crippen molar-refractivity contribution in [1.82, 2.24) is 15.5 Å². The van der Waals surface area contributed by atoms with Gasteiger partial charge in [-0.05, 0) is 35.9 Å². The molecule has 138 valence electrons. The maximum atomic E-state index is 13.6. The van der Waals surface area contributed by atoms with Crippen LogP contribution in [0.25, 0.3) is 0 Å². The minimum atomic E-state index is -1.59. The average molecular weight is 393 g/mol. The molecular weight excluding hydrogens is 381 g/mol. The van der Waals surface area contributed by atoms with Crippen LogP contribution in [-0.4, -0.2) is 16.1 Å². The lowest BCUT2D eigenvalue weighted by Gasteiger charge is -2.08. The van der Waals surface area contributed by atoms with E-state index in [1.165, 1.54) is 12.1 Å². The second-order valence-electron chi connectivity index (χ2n) is 5.43. The second kappa shape index (κ2) is 8.05. The van der Waals surface area contributed by atoms with Crippen LogP contribution < -0.4 is 10.6 Å². The first-order valence-electron chi connectivity index (χ1n) is 7.71. The number of nitrogens with one attached hydrogen (secondary N) is 2. The maximum Gasteiger partial charge on any atom is 0.272 e. The van der Waals surface area contributed by atoms with Crippen LogP contribution in [0.1, 0.15) is 16.1 Å². The highest BCUT2D eigenvalue weighted by Gasteiger charge is 2.14. The Morgan fingerprint density at radius 1 is 0.963 bits per heavy atom. The van der Waals surface area contributed by atoms with E-state index in [0.29, 0.717) is 5.02 Å². The Labute approximate surface area is 157 Å². The van der Waals surface area contributed by atoms with E-state index in [1.54, 1.807) is 24.3 Å². The number of anilines is 2. The molecule has 3 aromatic rings. The lowest BCUT2D eigenvalue weighted by Crippen LogP contribution is -2.24. The Bertz CT molecular complexity index is 983. The van der Waals surface area contributed by atoms with Crippen LogP contribution in [0, 0.1) is 17.5 Å². The Morgan fingerprint density at radius 2 is 1.74 bits per heavy atom. The lowest BCUT2D eigenvalue weighted by molar-refractivity contribution is 0.0945. The number of rotatable bonds is 5. The first-order chi connectivity index (χ1) is 13.0. The molecule has 2 N–H and O–H groups in total. The Balaban J connectivity index is 1.65. The summed E-state index contributed by atoms with van der Waals surface area (Å²) >= 11 is 6.02. The van der Waals surface area contributed by atoms with Gasteiger partial charge in [0.25, 0.3) is 5.91 Å². The molecular formula is C18H12ClF3N4O. The third-order valence-electron chi connectivity index (χ3n) is 3.59. The van der Waals surface area contributed by atoms with E-state index >= 15 is 0 Å². The van der Waals surface area contributed by atoms with Gasteiger partial charge >= 0.3 is 0 Å². The second-order valence-corrected chi connectivity index (χ2v) is 5.83. The minimum Gasteiger partial charge on any atom is -0.347 e. The molecule has 5 nitrogen and oxygen atoms in total. The highest BCUT2D eigenvalue weighted by atomic mass is 35.5. The Morgan fingerprint density at radius 3 is 2.44 bits per heavy atom. The molecule has 0 fully saturated rings. The van der Waals surface area contributed by atoms with Gasteiger partial charge < -0.3 is 10.6 Å². The normalized spacial score (nSPS) is 10.5. The molecule has 1 amide bonds. The monoisotopic (exact) mass is 392 g/mol. The van der Waals surface area contributed by atoms with Gasteiger partial charge in [-0.3, -0.25) is 4.79 Å². The Hall–Kier alpha value is -3.13. The molecule has 0 atom stereocenters. The number of carbonyl (C=O) groups is 1. The number of carbonyl (C=O) groups excluding carboxylic acids is 1. The summed E-state index contributed by atoms with van der Waals surface area (Å²) in [7, 11) is 0. The number of halogens is 4. The molecule has 0 unspecified atom stereocenters. The number of amides is 1. The highest BCUT2D eigenvalue weighted by molar-refractivity contribution is 6.31. The third kappa shape index (κ3) is 4.35. The summed E-state index contributed by atoms with van der Waals surface area (Å²) in [5.74, 6) is -4.69. The van der Waals surface area contributed by atoms with E-state index in [-0.39, 0.29) is 23.7 Å². The van der Waals surface area contributed by atoms with Gasteiger partial charge in [-0.25, -0.2) is 13.2 Å². The zero-order chi connectivity index (χ0) is 19.4. The summed E-state index contributed by atoms with van der Waals surface area (Å²) in [5.41, 5.74) is 0.463. The zero-order valence-electron chi connectivity index (χ0n) is 13.6. The fraction of sp³-hybridized carbons (Fsp3) is 0.0556. The molecule has 0 saturated heterocycles. The molecule has 2 aromatic carbocycles. The van der Waals surface area contributed by atoms with Crippen molar-refractivity contribution in [2.24, 2.45) is 0 Å². The molecule has 0 aliphatic heterocycles. The average Bonchev–Trinajstić information content (AvgIpc) is 2.68. The quantitative estimate of drug-likeness (QED) is 0.638. The summed E-state index contributed by atoms with van der Waals surface area (Å²) in [4.78, 5) is 12.1. The standard InChI is InChI=1S/C18H12ClF3N4O/c19-11-4-2-1-3-10(11)9-23-18(27)14-7-8-15(26-25-14)24-13-6-5-12(20)16(21)17(13)22/h1-8H,9H2,(H,23,27)(H,24,26). The van der Waals surface area contributed by atoms with Gasteiger partial charge in [0.05, 0.1) is 5.69 Å². The van der Waals surface area contributed by atoms with Crippen LogP contribution >= 0.6 is 11.6 Å². The van der Waals surface area contributed by atoms with Gasteiger partial charge in [0.15, 0.2) is 29.0 Å². The first kappa shape index (κ1) is 18.7. The lowest BCUT2D eigenvalue weighted by atomic mass is 10.2. The van der Waals surface area contributed by atoms with E-state index in [9.17, 15) is 18.0 Å². The third-order valence-corrected chi connectivity index (χ3v) is 3.96. The molecule has 3 rings (SSSR count). The van der Waals surface area contributed by atoms with Crippen LogP contribution in [0.4, 0.5) is 24.7 Å². The van der Waals surface area contributed by atoms with Gasteiger partial charge in [-0.15, -0.1) is 10.2 Å². The van der Waals surface area contributed by atoms with Crippen LogP contribution in [-0.2, 0) is 6.54 Å². The maximum absolute atomic E-state index is 13.6. The summed E-state index contributed by atoms with van der Waals surface area (Å²) in [6, 6.07) is 11.6. The van der Waals surface area contributed by atoms with Crippen LogP contribution in [0.5, 0.6) is 0 Å². The molecule has 1 heterocycles. The van der Waals surface area contributed by atoms with Crippen molar-refractivity contribution in [3.63, 3.8) is 0 Å². The summed E-state index contributed by atoms with van der Waals surface area (Å²) in [5, 5.41) is 13.1. The van der Waals surface area contributed by atoms with Crippen LogP contribution in [0.2, 0.25) is 5.02 Å². The molecule has 0 saturated carbocycles. The van der Waals surface area contributed by atoms with Crippen molar-refractivity contribution in [3.05, 3.63) is 82.3 Å². The smallest absolute Gasteiger partial charge is 0.272 e. The number of benzene rings is 2. The molecule has 27 heavy (non-hydrogen) atoms. The topological polar surface area (TPSA) is 66.9 Å². The summed E-state index contributed by atoms with van der Waals surface area (Å²) < 4.78 is 39.8. The molecule has 0 radical (unpaired) electrons. The first-order valence-corrected chi connectivity index (χ1v) is 8.09. The molecule has 0 aliphatic rings. The van der Waals surface area contributed by atoms with Crippen molar-refractivity contribution in [2.75, 3.05) is 5.32 Å². The van der Waals surface area contributed by atoms with E-state index in [1.807, 2.05) is 0 Å². The van der Waals surface area contributed by atoms with Crippen molar-refractivity contribution >= 4 is 29.0 Å². The Kier molecular flexibility index (Phi) is 5.56. The molecule has 0 spiro atoms. The summed E-state index contributed by atoms with van der Waals surface area (Å²) in [6.07, 6.45) is 0. The minimum absolute atomic E-state index is 0.0263. The predicted molar refractivity (Wildman–Crippen MR) is 94.3 cm³/mol. The molecule has 1 aromatic heterocycles. The fourth-order valence-corrected chi connectivity index (χ4v) is 2.39. The summed E-state index contributed by atoms with van der Waals surface area (Å²) in [6.45, 7) is 0.209. The number of hydrogen-bond acceptors (Lipinski definition) is 4. The van der Waals surface area contributed by atoms with Crippen molar-refractivity contribution in [1.29, 1.82) is 0 Å².